The topological polar surface area (TPSA) is 32.3 Å². The van der Waals surface area contributed by atoms with Crippen molar-refractivity contribution in [1.29, 1.82) is 0 Å². The summed E-state index contributed by atoms with van der Waals surface area (Å²) in [5.74, 6) is 0.206. The molecule has 1 amide bonds. The Labute approximate surface area is 74.1 Å². The second kappa shape index (κ2) is 4.45. The molecule has 70 valence electrons. The van der Waals surface area contributed by atoms with Crippen LogP contribution >= 0.6 is 0 Å². The Hall–Kier alpha value is -0.570. The molecule has 1 heterocycles. The van der Waals surface area contributed by atoms with Crippen molar-refractivity contribution in [1.82, 2.24) is 10.2 Å². The van der Waals surface area contributed by atoms with Crippen LogP contribution < -0.4 is 5.32 Å². The summed E-state index contributed by atoms with van der Waals surface area (Å²) < 4.78 is 0. The smallest absolute Gasteiger partial charge is 0.219 e. The molecular formula is C9H18N2O. The fourth-order valence-corrected chi connectivity index (χ4v) is 1.65. The number of carbonyl (C=O) groups is 1. The minimum absolute atomic E-state index is 0.206. The van der Waals surface area contributed by atoms with E-state index in [-0.39, 0.29) is 5.91 Å². The van der Waals surface area contributed by atoms with Gasteiger partial charge in [-0.3, -0.25) is 4.79 Å². The van der Waals surface area contributed by atoms with E-state index in [1.54, 1.807) is 6.92 Å². The minimum atomic E-state index is 0.206. The van der Waals surface area contributed by atoms with Crippen molar-refractivity contribution in [2.75, 3.05) is 19.6 Å². The van der Waals surface area contributed by atoms with Crippen LogP contribution in [-0.4, -0.2) is 36.5 Å². The van der Waals surface area contributed by atoms with E-state index in [4.69, 9.17) is 0 Å². The van der Waals surface area contributed by atoms with Crippen LogP contribution in [0.5, 0.6) is 0 Å². The van der Waals surface area contributed by atoms with Crippen molar-refractivity contribution in [3.8, 4) is 0 Å². The zero-order valence-electron chi connectivity index (χ0n) is 7.97. The quantitative estimate of drug-likeness (QED) is 0.658. The Balaban J connectivity index is 2.35. The molecule has 0 spiro atoms. The number of piperazine rings is 1. The molecule has 1 atom stereocenters. The first-order chi connectivity index (χ1) is 5.74. The largest absolute Gasteiger partial charge is 0.340 e. The Morgan fingerprint density at radius 2 is 2.42 bits per heavy atom. The molecule has 1 fully saturated rings. The fourth-order valence-electron chi connectivity index (χ4n) is 1.65. The minimum Gasteiger partial charge on any atom is -0.340 e. The third kappa shape index (κ3) is 2.48. The second-order valence-electron chi connectivity index (χ2n) is 3.40. The molecule has 0 aromatic heterocycles. The maximum atomic E-state index is 11.0. The zero-order valence-corrected chi connectivity index (χ0v) is 7.97. The molecule has 3 nitrogen and oxygen atoms in total. The van der Waals surface area contributed by atoms with Gasteiger partial charge in [0.25, 0.3) is 0 Å². The van der Waals surface area contributed by atoms with Crippen LogP contribution in [0, 0.1) is 0 Å². The Morgan fingerprint density at radius 3 is 3.00 bits per heavy atom. The number of hydrogen-bond acceptors (Lipinski definition) is 2. The van der Waals surface area contributed by atoms with Gasteiger partial charge in [0.15, 0.2) is 0 Å². The number of nitrogens with one attached hydrogen (secondary N) is 1. The molecule has 0 aromatic rings. The van der Waals surface area contributed by atoms with Gasteiger partial charge in [-0.1, -0.05) is 13.3 Å². The standard InChI is InChI=1S/C9H18N2O/c1-3-4-9-7-11(8(2)12)6-5-10-9/h9-10H,3-7H2,1-2H3/t9-/m0/s1. The molecule has 0 radical (unpaired) electrons. The third-order valence-corrected chi connectivity index (χ3v) is 2.34. The lowest BCUT2D eigenvalue weighted by Gasteiger charge is -2.32. The van der Waals surface area contributed by atoms with E-state index in [1.165, 1.54) is 12.8 Å². The summed E-state index contributed by atoms with van der Waals surface area (Å²) in [6, 6.07) is 0.521. The highest BCUT2D eigenvalue weighted by atomic mass is 16.2. The molecule has 0 aromatic carbocycles. The van der Waals surface area contributed by atoms with E-state index in [1.807, 2.05) is 4.90 Å². The number of carbonyl (C=O) groups excluding carboxylic acids is 1. The average Bonchev–Trinajstić information content (AvgIpc) is 2.05. The van der Waals surface area contributed by atoms with Crippen LogP contribution in [0.4, 0.5) is 0 Å². The van der Waals surface area contributed by atoms with E-state index in [9.17, 15) is 4.79 Å². The van der Waals surface area contributed by atoms with Crippen molar-refractivity contribution < 1.29 is 4.79 Å². The summed E-state index contributed by atoms with van der Waals surface area (Å²) in [5, 5.41) is 3.41. The highest BCUT2D eigenvalue weighted by molar-refractivity contribution is 5.73. The molecule has 0 bridgehead atoms. The molecule has 1 rings (SSSR count). The van der Waals surface area contributed by atoms with Gasteiger partial charge in [0.1, 0.15) is 0 Å². The first-order valence-electron chi connectivity index (χ1n) is 4.73. The van der Waals surface area contributed by atoms with E-state index in [2.05, 4.69) is 12.2 Å². The van der Waals surface area contributed by atoms with Gasteiger partial charge in [-0.25, -0.2) is 0 Å². The first kappa shape index (κ1) is 9.52. The SMILES string of the molecule is CCC[C@H]1CN(C(C)=O)CCN1. The van der Waals surface area contributed by atoms with Crippen LogP contribution in [0.1, 0.15) is 26.7 Å². The van der Waals surface area contributed by atoms with Gasteiger partial charge >= 0.3 is 0 Å². The van der Waals surface area contributed by atoms with Crippen LogP contribution in [0.15, 0.2) is 0 Å². The lowest BCUT2D eigenvalue weighted by Crippen LogP contribution is -2.51. The summed E-state index contributed by atoms with van der Waals surface area (Å²) in [5.41, 5.74) is 0. The van der Waals surface area contributed by atoms with Crippen molar-refractivity contribution in [3.05, 3.63) is 0 Å². The van der Waals surface area contributed by atoms with Crippen LogP contribution in [-0.2, 0) is 4.79 Å². The van der Waals surface area contributed by atoms with E-state index >= 15 is 0 Å². The predicted molar refractivity (Wildman–Crippen MR) is 49.0 cm³/mol. The Morgan fingerprint density at radius 1 is 1.67 bits per heavy atom. The van der Waals surface area contributed by atoms with E-state index in [0.717, 1.165) is 19.6 Å². The third-order valence-electron chi connectivity index (χ3n) is 2.34. The summed E-state index contributed by atoms with van der Waals surface area (Å²) in [4.78, 5) is 13.0. The monoisotopic (exact) mass is 170 g/mol. The summed E-state index contributed by atoms with van der Waals surface area (Å²) in [6.07, 6.45) is 2.35. The molecule has 1 aliphatic rings. The highest BCUT2D eigenvalue weighted by Gasteiger charge is 2.19. The van der Waals surface area contributed by atoms with Crippen LogP contribution in [0.2, 0.25) is 0 Å². The number of hydrogen-bond donors (Lipinski definition) is 1. The maximum Gasteiger partial charge on any atom is 0.219 e. The molecule has 0 saturated carbocycles. The molecular weight excluding hydrogens is 152 g/mol. The van der Waals surface area contributed by atoms with Gasteiger partial charge in [-0.2, -0.15) is 0 Å². The van der Waals surface area contributed by atoms with Crippen molar-refractivity contribution in [3.63, 3.8) is 0 Å². The highest BCUT2D eigenvalue weighted by Crippen LogP contribution is 2.04. The molecule has 1 saturated heterocycles. The summed E-state index contributed by atoms with van der Waals surface area (Å²) in [7, 11) is 0. The maximum absolute atomic E-state index is 11.0. The van der Waals surface area contributed by atoms with Gasteiger partial charge in [-0.05, 0) is 6.42 Å². The normalized spacial score (nSPS) is 24.2. The van der Waals surface area contributed by atoms with Gasteiger partial charge < -0.3 is 10.2 Å². The van der Waals surface area contributed by atoms with Gasteiger partial charge in [0.2, 0.25) is 5.91 Å². The lowest BCUT2D eigenvalue weighted by molar-refractivity contribution is -0.130. The first-order valence-corrected chi connectivity index (χ1v) is 4.73. The molecule has 0 unspecified atom stereocenters. The Kier molecular flexibility index (Phi) is 3.53. The summed E-state index contributed by atoms with van der Waals surface area (Å²) in [6.45, 7) is 6.53. The summed E-state index contributed by atoms with van der Waals surface area (Å²) >= 11 is 0. The zero-order chi connectivity index (χ0) is 8.97. The van der Waals surface area contributed by atoms with Crippen LogP contribution in [0.25, 0.3) is 0 Å². The Bertz CT molecular complexity index is 157. The molecule has 1 aliphatic heterocycles. The number of amides is 1. The fraction of sp³-hybridized carbons (Fsp3) is 0.889. The van der Waals surface area contributed by atoms with Crippen molar-refractivity contribution >= 4 is 5.91 Å². The van der Waals surface area contributed by atoms with Gasteiger partial charge in [-0.15, -0.1) is 0 Å². The molecule has 0 aliphatic carbocycles. The number of rotatable bonds is 2. The van der Waals surface area contributed by atoms with Crippen molar-refractivity contribution in [2.24, 2.45) is 0 Å². The lowest BCUT2D eigenvalue weighted by atomic mass is 10.1. The van der Waals surface area contributed by atoms with Gasteiger partial charge in [0.05, 0.1) is 0 Å². The van der Waals surface area contributed by atoms with E-state index < -0.39 is 0 Å². The molecule has 1 N–H and O–H groups in total. The number of nitrogens with zero attached hydrogens (tertiary/aromatic N) is 1. The van der Waals surface area contributed by atoms with E-state index in [0.29, 0.717) is 6.04 Å². The molecule has 12 heavy (non-hydrogen) atoms. The molecule has 3 heteroatoms. The van der Waals surface area contributed by atoms with Crippen molar-refractivity contribution in [2.45, 2.75) is 32.7 Å². The van der Waals surface area contributed by atoms with Gasteiger partial charge in [0, 0.05) is 32.6 Å². The predicted octanol–water partition coefficient (Wildman–Crippen LogP) is 0.607. The average molecular weight is 170 g/mol. The van der Waals surface area contributed by atoms with Crippen LogP contribution in [0.3, 0.4) is 0 Å². The second-order valence-corrected chi connectivity index (χ2v) is 3.40.